The maximum Gasteiger partial charge on any atom is 0.230 e. The highest BCUT2D eigenvalue weighted by Gasteiger charge is 2.25. The Hall–Kier alpha value is -1.20. The molecule has 1 aromatic rings. The summed E-state index contributed by atoms with van der Waals surface area (Å²) in [6.45, 7) is 6.33. The lowest BCUT2D eigenvalue weighted by molar-refractivity contribution is -0.124. The van der Waals surface area contributed by atoms with Crippen LogP contribution in [0.5, 0.6) is 0 Å². The minimum absolute atomic E-state index is 0.00246. The summed E-state index contributed by atoms with van der Waals surface area (Å²) >= 11 is 0. The second-order valence-electron chi connectivity index (χ2n) is 5.67. The Bertz CT molecular complexity index is 500. The van der Waals surface area contributed by atoms with Gasteiger partial charge in [0.25, 0.3) is 0 Å². The molecule has 0 fully saturated rings. The van der Waals surface area contributed by atoms with Gasteiger partial charge in [-0.1, -0.05) is 32.9 Å². The van der Waals surface area contributed by atoms with Crippen LogP contribution in [0.2, 0.25) is 0 Å². The summed E-state index contributed by atoms with van der Waals surface area (Å²) in [5.74, 6) is 1.00. The molecule has 0 radical (unpaired) electrons. The Kier molecular flexibility index (Phi) is 7.05. The first-order chi connectivity index (χ1) is 9.89. The Labute approximate surface area is 129 Å². The van der Waals surface area contributed by atoms with E-state index < -0.39 is 16.2 Å². The fourth-order valence-electron chi connectivity index (χ4n) is 1.63. The monoisotopic (exact) mass is 311 g/mol. The lowest BCUT2D eigenvalue weighted by Gasteiger charge is -2.21. The second-order valence-corrected chi connectivity index (χ2v) is 7.25. The largest absolute Gasteiger partial charge is 0.384 e. The number of nitrogens with one attached hydrogen (secondary N) is 1. The number of methoxy groups -OCH3 is 1. The fourth-order valence-corrected chi connectivity index (χ4v) is 2.68. The van der Waals surface area contributed by atoms with E-state index in [4.69, 9.17) is 4.74 Å². The molecular weight excluding hydrogens is 286 g/mol. The first kappa shape index (κ1) is 17.9. The third-order valence-electron chi connectivity index (χ3n) is 3.53. The lowest BCUT2D eigenvalue weighted by atomic mass is 9.89. The average Bonchev–Trinajstić information content (AvgIpc) is 2.45. The predicted molar refractivity (Wildman–Crippen MR) is 87.7 cm³/mol. The number of anilines is 1. The van der Waals surface area contributed by atoms with Crippen LogP contribution >= 0.6 is 0 Å². The summed E-state index contributed by atoms with van der Waals surface area (Å²) in [4.78, 5) is 12.2. The molecule has 0 saturated heterocycles. The molecule has 0 saturated carbocycles. The van der Waals surface area contributed by atoms with Gasteiger partial charge in [0.1, 0.15) is 0 Å². The van der Waals surface area contributed by atoms with Crippen LogP contribution in [0.25, 0.3) is 0 Å². The van der Waals surface area contributed by atoms with Gasteiger partial charge in [0, 0.05) is 40.5 Å². The zero-order valence-corrected chi connectivity index (χ0v) is 14.1. The van der Waals surface area contributed by atoms with E-state index in [9.17, 15) is 9.00 Å². The molecule has 0 aliphatic heterocycles. The van der Waals surface area contributed by atoms with E-state index in [-0.39, 0.29) is 5.91 Å². The third kappa shape index (κ3) is 5.98. The van der Waals surface area contributed by atoms with Crippen LogP contribution in [-0.2, 0) is 26.1 Å². The van der Waals surface area contributed by atoms with Gasteiger partial charge in [0.05, 0.1) is 6.61 Å². The van der Waals surface area contributed by atoms with E-state index in [1.54, 1.807) is 7.11 Å². The highest BCUT2D eigenvalue weighted by atomic mass is 32.2. The normalized spacial score (nSPS) is 13.0. The molecule has 1 atom stereocenters. The molecule has 0 unspecified atom stereocenters. The van der Waals surface area contributed by atoms with Gasteiger partial charge in [0.2, 0.25) is 5.91 Å². The lowest BCUT2D eigenvalue weighted by Crippen LogP contribution is -2.30. The van der Waals surface area contributed by atoms with Crippen molar-refractivity contribution in [1.29, 1.82) is 0 Å². The van der Waals surface area contributed by atoms with Crippen LogP contribution in [0.15, 0.2) is 24.3 Å². The SMILES string of the molecule is CCC(C)(C)C(=O)Nc1cccc(C[S@](=O)CCOC)c1. The summed E-state index contributed by atoms with van der Waals surface area (Å²) in [7, 11) is 0.652. The van der Waals surface area contributed by atoms with Crippen LogP contribution in [0.4, 0.5) is 5.69 Å². The molecule has 0 aliphatic carbocycles. The summed E-state index contributed by atoms with van der Waals surface area (Å²) in [6.07, 6.45) is 0.777. The van der Waals surface area contributed by atoms with Crippen molar-refractivity contribution < 1.29 is 13.7 Å². The number of carbonyl (C=O) groups is 1. The molecule has 4 nitrogen and oxygen atoms in total. The Morgan fingerprint density at radius 2 is 2.10 bits per heavy atom. The minimum Gasteiger partial charge on any atom is -0.384 e. The van der Waals surface area contributed by atoms with Crippen LogP contribution in [0.1, 0.15) is 32.8 Å². The van der Waals surface area contributed by atoms with Crippen molar-refractivity contribution in [2.75, 3.05) is 24.8 Å². The molecule has 5 heteroatoms. The van der Waals surface area contributed by atoms with Crippen LogP contribution < -0.4 is 5.32 Å². The van der Waals surface area contributed by atoms with E-state index in [1.807, 2.05) is 45.0 Å². The zero-order chi connectivity index (χ0) is 15.9. The Morgan fingerprint density at radius 3 is 2.71 bits per heavy atom. The van der Waals surface area contributed by atoms with Gasteiger partial charge in [-0.15, -0.1) is 0 Å². The molecule has 0 heterocycles. The molecule has 1 rings (SSSR count). The molecule has 0 bridgehead atoms. The van der Waals surface area contributed by atoms with Gasteiger partial charge in [-0.25, -0.2) is 0 Å². The number of rotatable bonds is 8. The first-order valence-corrected chi connectivity index (χ1v) is 8.62. The van der Waals surface area contributed by atoms with Gasteiger partial charge in [0.15, 0.2) is 0 Å². The molecule has 1 aromatic carbocycles. The van der Waals surface area contributed by atoms with Gasteiger partial charge in [-0.05, 0) is 24.1 Å². The number of carbonyl (C=O) groups excluding carboxylic acids is 1. The first-order valence-electron chi connectivity index (χ1n) is 7.13. The average molecular weight is 311 g/mol. The summed E-state index contributed by atoms with van der Waals surface area (Å²) in [5, 5.41) is 2.93. The van der Waals surface area contributed by atoms with E-state index in [1.165, 1.54) is 0 Å². The van der Waals surface area contributed by atoms with Gasteiger partial charge in [-0.3, -0.25) is 9.00 Å². The number of benzene rings is 1. The van der Waals surface area contributed by atoms with Crippen molar-refractivity contribution >= 4 is 22.4 Å². The van der Waals surface area contributed by atoms with E-state index in [0.29, 0.717) is 18.1 Å². The summed E-state index contributed by atoms with van der Waals surface area (Å²) < 4.78 is 16.8. The topological polar surface area (TPSA) is 55.4 Å². The van der Waals surface area contributed by atoms with Crippen molar-refractivity contribution in [1.82, 2.24) is 0 Å². The Morgan fingerprint density at radius 1 is 1.38 bits per heavy atom. The molecule has 0 aromatic heterocycles. The number of ether oxygens (including phenoxy) is 1. The maximum atomic E-state index is 12.2. The van der Waals surface area contributed by atoms with E-state index >= 15 is 0 Å². The summed E-state index contributed by atoms with van der Waals surface area (Å²) in [6, 6.07) is 7.53. The smallest absolute Gasteiger partial charge is 0.230 e. The molecule has 0 spiro atoms. The third-order valence-corrected chi connectivity index (χ3v) is 4.80. The van der Waals surface area contributed by atoms with Crippen LogP contribution in [0, 0.1) is 5.41 Å². The van der Waals surface area contributed by atoms with Crippen LogP contribution in [0.3, 0.4) is 0 Å². The quantitative estimate of drug-likeness (QED) is 0.803. The molecule has 118 valence electrons. The number of hydrogen-bond acceptors (Lipinski definition) is 3. The molecule has 1 amide bonds. The standard InChI is InChI=1S/C16H25NO3S/c1-5-16(2,3)15(18)17-14-8-6-7-13(11-14)12-21(19)10-9-20-4/h6-8,11H,5,9-10,12H2,1-4H3,(H,17,18)/t21-/m1/s1. The van der Waals surface area contributed by atoms with E-state index in [2.05, 4.69) is 5.32 Å². The highest BCUT2D eigenvalue weighted by molar-refractivity contribution is 7.84. The summed E-state index contributed by atoms with van der Waals surface area (Å²) in [5.41, 5.74) is 1.32. The minimum atomic E-state index is -0.948. The fraction of sp³-hybridized carbons (Fsp3) is 0.562. The highest BCUT2D eigenvalue weighted by Crippen LogP contribution is 2.22. The van der Waals surface area contributed by atoms with Crippen LogP contribution in [-0.4, -0.2) is 29.6 Å². The van der Waals surface area contributed by atoms with Crippen molar-refractivity contribution in [3.05, 3.63) is 29.8 Å². The number of hydrogen-bond donors (Lipinski definition) is 1. The second kappa shape index (κ2) is 8.29. The molecule has 1 N–H and O–H groups in total. The molecular formula is C16H25NO3S. The van der Waals surface area contributed by atoms with Crippen molar-refractivity contribution in [2.24, 2.45) is 5.41 Å². The molecule has 21 heavy (non-hydrogen) atoms. The van der Waals surface area contributed by atoms with Crippen molar-refractivity contribution in [3.8, 4) is 0 Å². The Balaban J connectivity index is 2.68. The van der Waals surface area contributed by atoms with Gasteiger partial charge in [-0.2, -0.15) is 0 Å². The predicted octanol–water partition coefficient (Wildman–Crippen LogP) is 2.96. The van der Waals surface area contributed by atoms with E-state index in [0.717, 1.165) is 17.7 Å². The van der Waals surface area contributed by atoms with Gasteiger partial charge >= 0.3 is 0 Å². The molecule has 0 aliphatic rings. The van der Waals surface area contributed by atoms with Gasteiger partial charge < -0.3 is 10.1 Å². The zero-order valence-electron chi connectivity index (χ0n) is 13.3. The maximum absolute atomic E-state index is 12.2. The van der Waals surface area contributed by atoms with Crippen molar-refractivity contribution in [2.45, 2.75) is 32.9 Å². The number of amides is 1. The van der Waals surface area contributed by atoms with Crippen molar-refractivity contribution in [3.63, 3.8) is 0 Å².